The molecule has 0 radical (unpaired) electrons. The quantitative estimate of drug-likeness (QED) is 0.696. The monoisotopic (exact) mass is 397 g/mol. The minimum absolute atomic E-state index is 0.333. The summed E-state index contributed by atoms with van der Waals surface area (Å²) in [6.45, 7) is 1.69. The first-order valence-corrected chi connectivity index (χ1v) is 8.92. The average Bonchev–Trinajstić information content (AvgIpc) is 2.73. The van der Waals surface area contributed by atoms with Crippen molar-refractivity contribution in [1.29, 1.82) is 0 Å². The van der Waals surface area contributed by atoms with E-state index in [1.54, 1.807) is 63.6 Å². The second kappa shape index (κ2) is 8.55. The number of benzene rings is 2. The smallest absolute Gasteiger partial charge is 0.319 e. The van der Waals surface area contributed by atoms with Crippen LogP contribution < -0.4 is 30.2 Å². The fourth-order valence-corrected chi connectivity index (χ4v) is 3.15. The number of nitrogens with one attached hydrogen (secondary N) is 3. The van der Waals surface area contributed by atoms with Gasteiger partial charge in [0, 0.05) is 11.4 Å². The molecule has 0 fully saturated rings. The highest BCUT2D eigenvalue weighted by atomic mass is 16.5. The van der Waals surface area contributed by atoms with Crippen LogP contribution in [-0.4, -0.2) is 33.3 Å². The summed E-state index contributed by atoms with van der Waals surface area (Å²) in [6.07, 6.45) is 0. The Kier molecular flexibility index (Phi) is 5.92. The number of hydrogen-bond donors (Lipinski definition) is 3. The first-order chi connectivity index (χ1) is 14.0. The number of ether oxygens (including phenoxy) is 3. The molecule has 1 atom stereocenters. The van der Waals surface area contributed by atoms with E-state index in [1.165, 1.54) is 7.11 Å². The lowest BCUT2D eigenvalue weighted by Gasteiger charge is -2.29. The van der Waals surface area contributed by atoms with Crippen molar-refractivity contribution in [3.05, 3.63) is 59.3 Å². The van der Waals surface area contributed by atoms with Crippen LogP contribution in [-0.2, 0) is 4.79 Å². The molecule has 2 aromatic rings. The van der Waals surface area contributed by atoms with Gasteiger partial charge in [0.05, 0.1) is 32.9 Å². The number of amides is 3. The molecule has 0 bridgehead atoms. The lowest BCUT2D eigenvalue weighted by Crippen LogP contribution is -2.45. The molecule has 29 heavy (non-hydrogen) atoms. The Balaban J connectivity index is 1.94. The molecule has 3 N–H and O–H groups in total. The summed E-state index contributed by atoms with van der Waals surface area (Å²) in [5.41, 5.74) is 2.17. The topological polar surface area (TPSA) is 97.9 Å². The molecule has 0 saturated carbocycles. The zero-order chi connectivity index (χ0) is 21.0. The molecular formula is C21H23N3O5. The highest BCUT2D eigenvalue weighted by Gasteiger charge is 2.31. The summed E-state index contributed by atoms with van der Waals surface area (Å²) in [5, 5.41) is 8.32. The molecule has 0 aromatic heterocycles. The number of methoxy groups -OCH3 is 3. The third kappa shape index (κ3) is 4.26. The maximum absolute atomic E-state index is 13.1. The van der Waals surface area contributed by atoms with Gasteiger partial charge in [-0.3, -0.25) is 4.79 Å². The molecule has 0 unspecified atom stereocenters. The third-order valence-corrected chi connectivity index (χ3v) is 4.60. The fourth-order valence-electron chi connectivity index (χ4n) is 3.15. The molecule has 0 aliphatic carbocycles. The van der Waals surface area contributed by atoms with Gasteiger partial charge in [-0.15, -0.1) is 0 Å². The van der Waals surface area contributed by atoms with Gasteiger partial charge in [-0.2, -0.15) is 0 Å². The Morgan fingerprint density at radius 3 is 2.28 bits per heavy atom. The van der Waals surface area contributed by atoms with Crippen molar-refractivity contribution in [3.63, 3.8) is 0 Å². The van der Waals surface area contributed by atoms with E-state index in [4.69, 9.17) is 14.2 Å². The van der Waals surface area contributed by atoms with Gasteiger partial charge in [0.1, 0.15) is 5.75 Å². The molecular weight excluding hydrogens is 374 g/mol. The van der Waals surface area contributed by atoms with E-state index in [0.29, 0.717) is 39.8 Å². The molecule has 1 aliphatic rings. The van der Waals surface area contributed by atoms with E-state index in [0.717, 1.165) is 0 Å². The van der Waals surface area contributed by atoms with Crippen molar-refractivity contribution in [1.82, 2.24) is 10.6 Å². The van der Waals surface area contributed by atoms with Gasteiger partial charge in [-0.1, -0.05) is 6.07 Å². The normalized spacial score (nSPS) is 15.9. The van der Waals surface area contributed by atoms with Crippen molar-refractivity contribution in [2.75, 3.05) is 26.6 Å². The summed E-state index contributed by atoms with van der Waals surface area (Å²) < 4.78 is 15.8. The Labute approximate surface area is 168 Å². The van der Waals surface area contributed by atoms with Crippen LogP contribution in [0, 0.1) is 0 Å². The van der Waals surface area contributed by atoms with Crippen molar-refractivity contribution in [2.24, 2.45) is 0 Å². The van der Waals surface area contributed by atoms with Gasteiger partial charge in [0.2, 0.25) is 0 Å². The first kappa shape index (κ1) is 20.1. The summed E-state index contributed by atoms with van der Waals surface area (Å²) in [4.78, 5) is 25.1. The van der Waals surface area contributed by atoms with Crippen LogP contribution in [0.4, 0.5) is 10.5 Å². The van der Waals surface area contributed by atoms with E-state index >= 15 is 0 Å². The second-order valence-corrected chi connectivity index (χ2v) is 6.37. The predicted octanol–water partition coefficient (Wildman–Crippen LogP) is 2.98. The minimum Gasteiger partial charge on any atom is -0.497 e. The number of carbonyl (C=O) groups is 2. The molecule has 0 spiro atoms. The van der Waals surface area contributed by atoms with E-state index in [2.05, 4.69) is 16.0 Å². The van der Waals surface area contributed by atoms with Gasteiger partial charge in [0.15, 0.2) is 11.5 Å². The summed E-state index contributed by atoms with van der Waals surface area (Å²) in [6, 6.07) is 11.2. The van der Waals surface area contributed by atoms with Gasteiger partial charge in [-0.05, 0) is 48.9 Å². The molecule has 1 aliphatic heterocycles. The van der Waals surface area contributed by atoms with E-state index in [1.807, 2.05) is 0 Å². The first-order valence-electron chi connectivity index (χ1n) is 8.92. The Hall–Kier alpha value is -3.68. The number of allylic oxidation sites excluding steroid dienone is 1. The van der Waals surface area contributed by atoms with Crippen LogP contribution in [0.1, 0.15) is 18.5 Å². The maximum atomic E-state index is 13.1. The van der Waals surface area contributed by atoms with E-state index < -0.39 is 6.04 Å². The second-order valence-electron chi connectivity index (χ2n) is 6.37. The van der Waals surface area contributed by atoms with E-state index in [9.17, 15) is 9.59 Å². The van der Waals surface area contributed by atoms with Gasteiger partial charge in [-0.25, -0.2) is 4.79 Å². The highest BCUT2D eigenvalue weighted by molar-refractivity contribution is 6.06. The SMILES string of the molecule is COc1ccc(NC(=O)C2=C(C)NC(=O)N[C@H]2c2ccc(OC)c(OC)c2)cc1. The molecule has 2 aromatic carbocycles. The van der Waals surface area contributed by atoms with Crippen LogP contribution in [0.2, 0.25) is 0 Å². The zero-order valence-corrected chi connectivity index (χ0v) is 16.7. The number of anilines is 1. The Morgan fingerprint density at radius 1 is 0.966 bits per heavy atom. The standard InChI is InChI=1S/C21H23N3O5/c1-12-18(20(25)23-14-6-8-15(27-2)9-7-14)19(24-21(26)22-12)13-5-10-16(28-3)17(11-13)29-4/h5-11,19H,1-4H3,(H,23,25)(H2,22,24,26)/t19-/m0/s1. The molecule has 1 heterocycles. The average molecular weight is 397 g/mol. The summed E-state index contributed by atoms with van der Waals surface area (Å²) in [5.74, 6) is 1.42. The van der Waals surface area contributed by atoms with Crippen molar-refractivity contribution in [2.45, 2.75) is 13.0 Å². The minimum atomic E-state index is -0.651. The lowest BCUT2D eigenvalue weighted by atomic mass is 9.94. The van der Waals surface area contributed by atoms with Gasteiger partial charge >= 0.3 is 6.03 Å². The van der Waals surface area contributed by atoms with Crippen molar-refractivity contribution < 1.29 is 23.8 Å². The lowest BCUT2D eigenvalue weighted by molar-refractivity contribution is -0.113. The number of rotatable bonds is 6. The highest BCUT2D eigenvalue weighted by Crippen LogP contribution is 2.34. The van der Waals surface area contributed by atoms with E-state index in [-0.39, 0.29) is 11.9 Å². The molecule has 152 valence electrons. The Bertz CT molecular complexity index is 953. The third-order valence-electron chi connectivity index (χ3n) is 4.60. The molecule has 0 saturated heterocycles. The van der Waals surface area contributed by atoms with Crippen LogP contribution in [0.5, 0.6) is 17.2 Å². The maximum Gasteiger partial charge on any atom is 0.319 e. The zero-order valence-electron chi connectivity index (χ0n) is 16.7. The Morgan fingerprint density at radius 2 is 1.66 bits per heavy atom. The van der Waals surface area contributed by atoms with Gasteiger partial charge < -0.3 is 30.2 Å². The molecule has 8 heteroatoms. The van der Waals surface area contributed by atoms with Crippen LogP contribution in [0.15, 0.2) is 53.7 Å². The molecule has 3 rings (SSSR count). The summed E-state index contributed by atoms with van der Waals surface area (Å²) in [7, 11) is 4.65. The van der Waals surface area contributed by atoms with Gasteiger partial charge in [0.25, 0.3) is 5.91 Å². The number of carbonyl (C=O) groups excluding carboxylic acids is 2. The van der Waals surface area contributed by atoms with Crippen LogP contribution in [0.3, 0.4) is 0 Å². The van der Waals surface area contributed by atoms with Crippen molar-refractivity contribution in [3.8, 4) is 17.2 Å². The van der Waals surface area contributed by atoms with Crippen LogP contribution >= 0.6 is 0 Å². The fraction of sp³-hybridized carbons (Fsp3) is 0.238. The molecule has 3 amide bonds. The van der Waals surface area contributed by atoms with Crippen molar-refractivity contribution >= 4 is 17.6 Å². The number of urea groups is 1. The predicted molar refractivity (Wildman–Crippen MR) is 108 cm³/mol. The largest absolute Gasteiger partial charge is 0.497 e. The summed E-state index contributed by atoms with van der Waals surface area (Å²) >= 11 is 0. The molecule has 8 nitrogen and oxygen atoms in total. The number of hydrogen-bond acceptors (Lipinski definition) is 5. The van der Waals surface area contributed by atoms with Crippen LogP contribution in [0.25, 0.3) is 0 Å².